The second kappa shape index (κ2) is 7.26. The molecule has 0 heterocycles. The number of halogens is 1. The zero-order valence-electron chi connectivity index (χ0n) is 12.1. The van der Waals surface area contributed by atoms with Gasteiger partial charge in [0.2, 0.25) is 0 Å². The fourth-order valence-electron chi connectivity index (χ4n) is 2.71. The number of benzene rings is 1. The molecule has 1 aromatic rings. The fourth-order valence-corrected chi connectivity index (χ4v) is 2.71. The molecule has 6 heteroatoms. The molecule has 1 aromatic carbocycles. The Labute approximate surface area is 123 Å². The molecule has 2 amide bonds. The van der Waals surface area contributed by atoms with Gasteiger partial charge in [0.1, 0.15) is 11.6 Å². The van der Waals surface area contributed by atoms with E-state index < -0.39 is 5.82 Å². The van der Waals surface area contributed by atoms with Crippen molar-refractivity contribution in [1.29, 1.82) is 0 Å². The summed E-state index contributed by atoms with van der Waals surface area (Å²) in [5, 5.41) is 14.9. The van der Waals surface area contributed by atoms with Crippen LogP contribution in [0.1, 0.15) is 25.7 Å². The molecule has 1 fully saturated rings. The third-order valence-electron chi connectivity index (χ3n) is 3.87. The van der Waals surface area contributed by atoms with Crippen LogP contribution in [-0.4, -0.2) is 30.9 Å². The van der Waals surface area contributed by atoms with Crippen molar-refractivity contribution in [1.82, 2.24) is 5.32 Å². The monoisotopic (exact) mass is 296 g/mol. The molecule has 1 aliphatic rings. The van der Waals surface area contributed by atoms with Gasteiger partial charge in [-0.25, -0.2) is 9.18 Å². The van der Waals surface area contributed by atoms with Crippen molar-refractivity contribution < 1.29 is 19.0 Å². The number of aliphatic hydroxyl groups is 1. The van der Waals surface area contributed by atoms with Crippen LogP contribution in [0.25, 0.3) is 0 Å². The standard InChI is InChI=1S/C15H21FN2O3/c1-21-14-8-11(16)6-7-13(14)18-15(20)17-12-5-3-2-4-10(12)9-19/h6-8,10,12,19H,2-5,9H2,1H3,(H2,17,18,20). The van der Waals surface area contributed by atoms with Crippen LogP contribution in [0.4, 0.5) is 14.9 Å². The number of urea groups is 1. The predicted molar refractivity (Wildman–Crippen MR) is 77.9 cm³/mol. The number of amides is 2. The highest BCUT2D eigenvalue weighted by Crippen LogP contribution is 2.26. The smallest absolute Gasteiger partial charge is 0.319 e. The van der Waals surface area contributed by atoms with Crippen molar-refractivity contribution in [2.75, 3.05) is 19.0 Å². The molecule has 2 unspecified atom stereocenters. The molecule has 0 bridgehead atoms. The van der Waals surface area contributed by atoms with E-state index in [0.717, 1.165) is 25.7 Å². The maximum Gasteiger partial charge on any atom is 0.319 e. The van der Waals surface area contributed by atoms with Gasteiger partial charge in [0, 0.05) is 24.6 Å². The summed E-state index contributed by atoms with van der Waals surface area (Å²) in [5.74, 6) is -0.0578. The number of rotatable bonds is 4. The first-order valence-electron chi connectivity index (χ1n) is 7.16. The van der Waals surface area contributed by atoms with E-state index in [0.29, 0.717) is 5.69 Å². The summed E-state index contributed by atoms with van der Waals surface area (Å²) in [5.41, 5.74) is 0.410. The molecular formula is C15H21FN2O3. The van der Waals surface area contributed by atoms with Crippen LogP contribution >= 0.6 is 0 Å². The lowest BCUT2D eigenvalue weighted by atomic mass is 9.85. The molecule has 0 aliphatic heterocycles. The number of anilines is 1. The molecule has 5 nitrogen and oxygen atoms in total. The third kappa shape index (κ3) is 4.07. The molecule has 0 radical (unpaired) electrons. The SMILES string of the molecule is COc1cc(F)ccc1NC(=O)NC1CCCCC1CO. The maximum atomic E-state index is 13.1. The van der Waals surface area contributed by atoms with Crippen LogP contribution in [0.5, 0.6) is 5.75 Å². The van der Waals surface area contributed by atoms with Gasteiger partial charge < -0.3 is 20.5 Å². The van der Waals surface area contributed by atoms with Gasteiger partial charge in [-0.05, 0) is 25.0 Å². The topological polar surface area (TPSA) is 70.6 Å². The molecule has 3 N–H and O–H groups in total. The van der Waals surface area contributed by atoms with Crippen LogP contribution in [0.15, 0.2) is 18.2 Å². The normalized spacial score (nSPS) is 21.7. The molecule has 1 aliphatic carbocycles. The number of hydrogen-bond acceptors (Lipinski definition) is 3. The van der Waals surface area contributed by atoms with Crippen molar-refractivity contribution in [2.24, 2.45) is 5.92 Å². The number of aliphatic hydroxyl groups excluding tert-OH is 1. The van der Waals surface area contributed by atoms with E-state index in [1.165, 1.54) is 25.3 Å². The average molecular weight is 296 g/mol. The van der Waals surface area contributed by atoms with Crippen molar-refractivity contribution in [3.63, 3.8) is 0 Å². The largest absolute Gasteiger partial charge is 0.494 e. The summed E-state index contributed by atoms with van der Waals surface area (Å²) >= 11 is 0. The highest BCUT2D eigenvalue weighted by atomic mass is 19.1. The van der Waals surface area contributed by atoms with Gasteiger partial charge in [-0.2, -0.15) is 0 Å². The molecule has 2 rings (SSSR count). The predicted octanol–water partition coefficient (Wildman–Crippen LogP) is 2.51. The summed E-state index contributed by atoms with van der Waals surface area (Å²) < 4.78 is 18.1. The lowest BCUT2D eigenvalue weighted by molar-refractivity contribution is 0.156. The Bertz CT molecular complexity index is 496. The van der Waals surface area contributed by atoms with Crippen molar-refractivity contribution in [3.05, 3.63) is 24.0 Å². The van der Waals surface area contributed by atoms with E-state index in [2.05, 4.69) is 10.6 Å². The summed E-state index contributed by atoms with van der Waals surface area (Å²) in [4.78, 5) is 12.0. The fraction of sp³-hybridized carbons (Fsp3) is 0.533. The average Bonchev–Trinajstić information content (AvgIpc) is 2.49. The molecular weight excluding hydrogens is 275 g/mol. The Morgan fingerprint density at radius 2 is 2.19 bits per heavy atom. The van der Waals surface area contributed by atoms with E-state index in [9.17, 15) is 14.3 Å². The van der Waals surface area contributed by atoms with Crippen LogP contribution in [-0.2, 0) is 0 Å². The number of carbonyl (C=O) groups excluding carboxylic acids is 1. The Morgan fingerprint density at radius 3 is 2.90 bits per heavy atom. The summed E-state index contributed by atoms with van der Waals surface area (Å²) in [6.07, 6.45) is 3.90. The Hall–Kier alpha value is -1.82. The first-order valence-corrected chi connectivity index (χ1v) is 7.16. The first kappa shape index (κ1) is 15.6. The van der Waals surface area contributed by atoms with E-state index >= 15 is 0 Å². The van der Waals surface area contributed by atoms with Crippen LogP contribution in [0.2, 0.25) is 0 Å². The summed E-state index contributed by atoms with van der Waals surface area (Å²) in [6, 6.07) is 3.53. The molecule has 1 saturated carbocycles. The Morgan fingerprint density at radius 1 is 1.43 bits per heavy atom. The highest BCUT2D eigenvalue weighted by molar-refractivity contribution is 5.91. The van der Waals surface area contributed by atoms with Crippen molar-refractivity contribution in [3.8, 4) is 5.75 Å². The van der Waals surface area contributed by atoms with E-state index in [1.54, 1.807) is 0 Å². The van der Waals surface area contributed by atoms with Gasteiger partial charge in [0.15, 0.2) is 0 Å². The van der Waals surface area contributed by atoms with Gasteiger partial charge in [0.05, 0.1) is 12.8 Å². The number of ether oxygens (including phenoxy) is 1. The Kier molecular flexibility index (Phi) is 5.38. The third-order valence-corrected chi connectivity index (χ3v) is 3.87. The van der Waals surface area contributed by atoms with Gasteiger partial charge in [-0.15, -0.1) is 0 Å². The van der Waals surface area contributed by atoms with Gasteiger partial charge in [0.25, 0.3) is 0 Å². The summed E-state index contributed by atoms with van der Waals surface area (Å²) in [7, 11) is 1.42. The van der Waals surface area contributed by atoms with E-state index in [-0.39, 0.29) is 30.3 Å². The minimum Gasteiger partial charge on any atom is -0.494 e. The number of hydrogen-bond donors (Lipinski definition) is 3. The molecule has 21 heavy (non-hydrogen) atoms. The van der Waals surface area contributed by atoms with Gasteiger partial charge >= 0.3 is 6.03 Å². The molecule has 2 atom stereocenters. The van der Waals surface area contributed by atoms with E-state index in [4.69, 9.17) is 4.74 Å². The quantitative estimate of drug-likeness (QED) is 0.799. The zero-order chi connectivity index (χ0) is 15.2. The van der Waals surface area contributed by atoms with Crippen LogP contribution < -0.4 is 15.4 Å². The molecule has 0 spiro atoms. The zero-order valence-corrected chi connectivity index (χ0v) is 12.1. The Balaban J connectivity index is 1.98. The minimum atomic E-state index is -0.426. The summed E-state index contributed by atoms with van der Waals surface area (Å²) in [6.45, 7) is 0.0742. The lowest BCUT2D eigenvalue weighted by Crippen LogP contribution is -2.45. The van der Waals surface area contributed by atoms with Gasteiger partial charge in [-0.1, -0.05) is 12.8 Å². The number of methoxy groups -OCH3 is 1. The first-order chi connectivity index (χ1) is 10.1. The molecule has 0 aromatic heterocycles. The van der Waals surface area contributed by atoms with Crippen molar-refractivity contribution >= 4 is 11.7 Å². The molecule has 116 valence electrons. The van der Waals surface area contributed by atoms with Crippen LogP contribution in [0.3, 0.4) is 0 Å². The maximum absolute atomic E-state index is 13.1. The second-order valence-electron chi connectivity index (χ2n) is 5.28. The lowest BCUT2D eigenvalue weighted by Gasteiger charge is -2.30. The van der Waals surface area contributed by atoms with Gasteiger partial charge in [-0.3, -0.25) is 0 Å². The second-order valence-corrected chi connectivity index (χ2v) is 5.28. The number of carbonyl (C=O) groups is 1. The highest BCUT2D eigenvalue weighted by Gasteiger charge is 2.26. The van der Waals surface area contributed by atoms with Crippen molar-refractivity contribution in [2.45, 2.75) is 31.7 Å². The number of nitrogens with one attached hydrogen (secondary N) is 2. The van der Waals surface area contributed by atoms with Crippen LogP contribution in [0, 0.1) is 11.7 Å². The minimum absolute atomic E-state index is 0.0322. The van der Waals surface area contributed by atoms with E-state index in [1.807, 2.05) is 0 Å². The molecule has 0 saturated heterocycles.